The van der Waals surface area contributed by atoms with Gasteiger partial charge in [0.2, 0.25) is 0 Å². The van der Waals surface area contributed by atoms with E-state index in [1.807, 2.05) is 24.3 Å². The summed E-state index contributed by atoms with van der Waals surface area (Å²) in [7, 11) is 0. The summed E-state index contributed by atoms with van der Waals surface area (Å²) >= 11 is 3.37. The standard InChI is InChI=1S/C24H21BrN2O5/c1-2-31-24(30)32-19-13-9-17(10-14-19)22(28)27-18-11-7-16(8-12-18)15-26-23(29)20-5-3-4-6-21(20)25/h3-14H,2,15H2,1H3,(H,26,29)(H,27,28). The first-order valence-corrected chi connectivity index (χ1v) is 10.6. The summed E-state index contributed by atoms with van der Waals surface area (Å²) in [5, 5.41) is 5.67. The molecule has 0 radical (unpaired) electrons. The predicted molar refractivity (Wildman–Crippen MR) is 124 cm³/mol. The minimum Gasteiger partial charge on any atom is -0.434 e. The minimum atomic E-state index is -0.794. The molecule has 0 fully saturated rings. The molecule has 0 unspecified atom stereocenters. The number of ether oxygens (including phenoxy) is 2. The van der Waals surface area contributed by atoms with Crippen molar-refractivity contribution in [3.8, 4) is 5.75 Å². The van der Waals surface area contributed by atoms with Crippen molar-refractivity contribution in [1.29, 1.82) is 0 Å². The first-order valence-electron chi connectivity index (χ1n) is 9.84. The molecule has 0 bridgehead atoms. The molecule has 0 aromatic heterocycles. The highest BCUT2D eigenvalue weighted by molar-refractivity contribution is 9.10. The van der Waals surface area contributed by atoms with Gasteiger partial charge >= 0.3 is 6.16 Å². The van der Waals surface area contributed by atoms with Gasteiger partial charge in [-0.3, -0.25) is 9.59 Å². The maximum absolute atomic E-state index is 12.4. The molecule has 0 heterocycles. The van der Waals surface area contributed by atoms with Gasteiger partial charge in [-0.25, -0.2) is 4.79 Å². The van der Waals surface area contributed by atoms with E-state index in [2.05, 4.69) is 26.6 Å². The summed E-state index contributed by atoms with van der Waals surface area (Å²) in [5.41, 5.74) is 2.48. The molecule has 0 aliphatic heterocycles. The molecule has 7 nitrogen and oxygen atoms in total. The largest absolute Gasteiger partial charge is 0.513 e. The number of rotatable bonds is 7. The summed E-state index contributed by atoms with van der Waals surface area (Å²) in [6, 6.07) is 20.5. The first kappa shape index (κ1) is 23.0. The van der Waals surface area contributed by atoms with E-state index in [1.165, 1.54) is 12.1 Å². The lowest BCUT2D eigenvalue weighted by Crippen LogP contribution is -2.23. The van der Waals surface area contributed by atoms with Crippen LogP contribution in [-0.4, -0.2) is 24.6 Å². The summed E-state index contributed by atoms with van der Waals surface area (Å²) in [5.74, 6) is -0.193. The number of nitrogens with one attached hydrogen (secondary N) is 2. The Kier molecular flexibility index (Phi) is 7.99. The molecule has 2 N–H and O–H groups in total. The number of halogens is 1. The number of carbonyl (C=O) groups is 3. The predicted octanol–water partition coefficient (Wildman–Crippen LogP) is 5.17. The third-order valence-corrected chi connectivity index (χ3v) is 5.05. The lowest BCUT2D eigenvalue weighted by Gasteiger charge is -2.09. The SMILES string of the molecule is CCOC(=O)Oc1ccc(C(=O)Nc2ccc(CNC(=O)c3ccccc3Br)cc2)cc1. The second kappa shape index (κ2) is 11.1. The van der Waals surface area contributed by atoms with Crippen LogP contribution in [0, 0.1) is 0 Å². The van der Waals surface area contributed by atoms with Gasteiger partial charge in [0.25, 0.3) is 11.8 Å². The number of benzene rings is 3. The molecule has 3 aromatic carbocycles. The molecule has 0 saturated carbocycles. The molecule has 0 atom stereocenters. The Balaban J connectivity index is 1.52. The smallest absolute Gasteiger partial charge is 0.434 e. The average Bonchev–Trinajstić information content (AvgIpc) is 2.79. The fraction of sp³-hybridized carbons (Fsp3) is 0.125. The van der Waals surface area contributed by atoms with Crippen LogP contribution in [0.1, 0.15) is 33.2 Å². The third kappa shape index (κ3) is 6.42. The highest BCUT2D eigenvalue weighted by Crippen LogP contribution is 2.17. The fourth-order valence-corrected chi connectivity index (χ4v) is 3.21. The molecule has 0 spiro atoms. The van der Waals surface area contributed by atoms with Gasteiger partial charge in [0.1, 0.15) is 5.75 Å². The van der Waals surface area contributed by atoms with E-state index in [0.29, 0.717) is 23.4 Å². The zero-order valence-corrected chi connectivity index (χ0v) is 18.8. The van der Waals surface area contributed by atoms with Crippen molar-refractivity contribution in [2.24, 2.45) is 0 Å². The van der Waals surface area contributed by atoms with E-state index in [1.54, 1.807) is 43.3 Å². The van der Waals surface area contributed by atoms with Crippen LogP contribution in [0.4, 0.5) is 10.5 Å². The Labute approximate surface area is 193 Å². The van der Waals surface area contributed by atoms with Crippen LogP contribution >= 0.6 is 15.9 Å². The van der Waals surface area contributed by atoms with Crippen LogP contribution in [0.3, 0.4) is 0 Å². The van der Waals surface area contributed by atoms with Crippen molar-refractivity contribution in [1.82, 2.24) is 5.32 Å². The fourth-order valence-electron chi connectivity index (χ4n) is 2.75. The molecule has 32 heavy (non-hydrogen) atoms. The van der Waals surface area contributed by atoms with Crippen LogP contribution in [0.25, 0.3) is 0 Å². The average molecular weight is 497 g/mol. The van der Waals surface area contributed by atoms with Gasteiger partial charge in [-0.1, -0.05) is 24.3 Å². The van der Waals surface area contributed by atoms with Crippen LogP contribution in [0.2, 0.25) is 0 Å². The van der Waals surface area contributed by atoms with Gasteiger partial charge in [0, 0.05) is 22.3 Å². The van der Waals surface area contributed by atoms with Gasteiger partial charge in [0.05, 0.1) is 12.2 Å². The number of hydrogen-bond acceptors (Lipinski definition) is 5. The monoisotopic (exact) mass is 496 g/mol. The van der Waals surface area contributed by atoms with E-state index < -0.39 is 6.16 Å². The Morgan fingerprint density at radius 1 is 0.875 bits per heavy atom. The molecule has 3 rings (SSSR count). The topological polar surface area (TPSA) is 93.7 Å². The normalized spacial score (nSPS) is 10.2. The van der Waals surface area contributed by atoms with Crippen molar-refractivity contribution < 1.29 is 23.9 Å². The highest BCUT2D eigenvalue weighted by Gasteiger charge is 2.10. The molecule has 0 saturated heterocycles. The van der Waals surface area contributed by atoms with Gasteiger partial charge in [0.15, 0.2) is 0 Å². The maximum atomic E-state index is 12.4. The second-order valence-corrected chi connectivity index (χ2v) is 7.48. The van der Waals surface area contributed by atoms with E-state index >= 15 is 0 Å². The van der Waals surface area contributed by atoms with E-state index in [4.69, 9.17) is 9.47 Å². The summed E-state index contributed by atoms with van der Waals surface area (Å²) < 4.78 is 10.4. The number of carbonyl (C=O) groups excluding carboxylic acids is 3. The third-order valence-electron chi connectivity index (χ3n) is 4.36. The highest BCUT2D eigenvalue weighted by atomic mass is 79.9. The molecule has 8 heteroatoms. The molecule has 164 valence electrons. The van der Waals surface area contributed by atoms with Crippen molar-refractivity contribution in [3.63, 3.8) is 0 Å². The Hall–Kier alpha value is -3.65. The zero-order chi connectivity index (χ0) is 22.9. The summed E-state index contributed by atoms with van der Waals surface area (Å²) in [4.78, 5) is 36.0. The van der Waals surface area contributed by atoms with Gasteiger partial charge in [-0.15, -0.1) is 0 Å². The second-order valence-electron chi connectivity index (χ2n) is 6.62. The van der Waals surface area contributed by atoms with E-state index in [0.717, 1.165) is 10.0 Å². The van der Waals surface area contributed by atoms with Crippen molar-refractivity contribution in [3.05, 3.63) is 94.0 Å². The molecular weight excluding hydrogens is 476 g/mol. The van der Waals surface area contributed by atoms with Crippen LogP contribution in [0.15, 0.2) is 77.3 Å². The number of amides is 2. The molecular formula is C24H21BrN2O5. The van der Waals surface area contributed by atoms with Crippen LogP contribution in [0.5, 0.6) is 5.75 Å². The van der Waals surface area contributed by atoms with Crippen molar-refractivity contribution >= 4 is 39.6 Å². The molecule has 0 aliphatic carbocycles. The van der Waals surface area contributed by atoms with E-state index in [9.17, 15) is 14.4 Å². The van der Waals surface area contributed by atoms with Crippen LogP contribution in [-0.2, 0) is 11.3 Å². The number of anilines is 1. The van der Waals surface area contributed by atoms with Gasteiger partial charge in [-0.05, 0) is 76.9 Å². The lowest BCUT2D eigenvalue weighted by atomic mass is 10.1. The Morgan fingerprint density at radius 3 is 2.22 bits per heavy atom. The molecule has 0 aliphatic rings. The first-order chi connectivity index (χ1) is 15.5. The van der Waals surface area contributed by atoms with Gasteiger partial charge < -0.3 is 20.1 Å². The molecule has 3 aromatic rings. The van der Waals surface area contributed by atoms with Crippen molar-refractivity contribution in [2.45, 2.75) is 13.5 Å². The zero-order valence-electron chi connectivity index (χ0n) is 17.3. The number of hydrogen-bond donors (Lipinski definition) is 2. The summed E-state index contributed by atoms with van der Waals surface area (Å²) in [6.07, 6.45) is -0.794. The quantitative estimate of drug-likeness (QED) is 0.347. The lowest BCUT2D eigenvalue weighted by molar-refractivity contribution is 0.0948. The molecule has 2 amide bonds. The maximum Gasteiger partial charge on any atom is 0.513 e. The summed E-state index contributed by atoms with van der Waals surface area (Å²) in [6.45, 7) is 2.26. The van der Waals surface area contributed by atoms with E-state index in [-0.39, 0.29) is 24.2 Å². The Bertz CT molecular complexity index is 1100. The Morgan fingerprint density at radius 2 is 1.56 bits per heavy atom. The minimum absolute atomic E-state index is 0.176. The van der Waals surface area contributed by atoms with Gasteiger partial charge in [-0.2, -0.15) is 0 Å². The van der Waals surface area contributed by atoms with Crippen molar-refractivity contribution in [2.75, 3.05) is 11.9 Å². The van der Waals surface area contributed by atoms with Crippen LogP contribution < -0.4 is 15.4 Å².